The zero-order valence-corrected chi connectivity index (χ0v) is 55.3. The molecule has 2 unspecified atom stereocenters. The lowest BCUT2D eigenvalue weighted by Crippen LogP contribution is -2.45. The first-order chi connectivity index (χ1) is 40.0. The Kier molecular flexibility index (Phi) is 69.9. The molecule has 0 fully saturated rings. The molecule has 6 nitrogen and oxygen atoms in total. The zero-order chi connectivity index (χ0) is 58.5. The molecular weight excluding hydrogens is 995 g/mol. The lowest BCUT2D eigenvalue weighted by Gasteiger charge is -2.22. The molecule has 0 aliphatic carbocycles. The largest absolute Gasteiger partial charge is 0.466 e. The number of hydrogen-bond acceptors (Lipinski definition) is 5. The van der Waals surface area contributed by atoms with Crippen molar-refractivity contribution in [3.8, 4) is 0 Å². The third kappa shape index (κ3) is 67.6. The molecule has 0 aliphatic rings. The molecule has 81 heavy (non-hydrogen) atoms. The first kappa shape index (κ1) is 79.6. The molecule has 0 saturated heterocycles. The summed E-state index contributed by atoms with van der Waals surface area (Å²) < 4.78 is 5.48. The van der Waals surface area contributed by atoms with Crippen LogP contribution in [0.3, 0.4) is 0 Å². The predicted octanol–water partition coefficient (Wildman–Crippen LogP) is 24.3. The minimum Gasteiger partial charge on any atom is -0.466 e. The summed E-state index contributed by atoms with van der Waals surface area (Å²) in [6.45, 7) is 5.00. The highest BCUT2D eigenvalue weighted by molar-refractivity contribution is 5.76. The molecule has 0 aliphatic heterocycles. The van der Waals surface area contributed by atoms with Gasteiger partial charge in [-0.25, -0.2) is 0 Å². The average Bonchev–Trinajstić information content (AvgIpc) is 3.47. The lowest BCUT2D eigenvalue weighted by molar-refractivity contribution is -0.143. The van der Waals surface area contributed by atoms with Crippen LogP contribution in [-0.2, 0) is 14.3 Å². The van der Waals surface area contributed by atoms with Crippen LogP contribution in [0.15, 0.2) is 12.2 Å². The Hall–Kier alpha value is -1.40. The van der Waals surface area contributed by atoms with E-state index in [0.29, 0.717) is 25.9 Å². The van der Waals surface area contributed by atoms with Crippen molar-refractivity contribution < 1.29 is 24.5 Å². The van der Waals surface area contributed by atoms with Crippen LogP contribution in [0.25, 0.3) is 0 Å². The van der Waals surface area contributed by atoms with Gasteiger partial charge in [0.1, 0.15) is 0 Å². The Labute approximate surface area is 508 Å². The van der Waals surface area contributed by atoms with Crippen LogP contribution in [0.2, 0.25) is 0 Å². The summed E-state index contributed by atoms with van der Waals surface area (Å²) in [5.74, 6) is -0.00591. The number of rotatable bonds is 71. The maximum Gasteiger partial charge on any atom is 0.305 e. The molecule has 1 amide bonds. The Morgan fingerprint density at radius 2 is 0.580 bits per heavy atom. The average molecular weight is 1140 g/mol. The quantitative estimate of drug-likeness (QED) is 0.0320. The van der Waals surface area contributed by atoms with E-state index in [1.165, 1.54) is 360 Å². The number of carbonyl (C=O) groups is 2. The Morgan fingerprint density at radius 1 is 0.333 bits per heavy atom. The van der Waals surface area contributed by atoms with Gasteiger partial charge in [0.25, 0.3) is 0 Å². The number of hydrogen-bond donors (Lipinski definition) is 3. The van der Waals surface area contributed by atoms with Crippen molar-refractivity contribution in [1.29, 1.82) is 0 Å². The van der Waals surface area contributed by atoms with E-state index in [9.17, 15) is 19.8 Å². The molecule has 2 atom stereocenters. The number of aliphatic hydroxyl groups excluding tert-OH is 2. The van der Waals surface area contributed by atoms with Crippen molar-refractivity contribution in [2.24, 2.45) is 0 Å². The van der Waals surface area contributed by atoms with Crippen LogP contribution in [0.5, 0.6) is 0 Å². The second-order valence-electron chi connectivity index (χ2n) is 26.0. The second-order valence-corrected chi connectivity index (χ2v) is 26.0. The standard InChI is InChI=1S/C75H147NO5/c1-3-5-7-9-11-13-15-16-17-18-38-41-44-48-51-55-59-63-67-73(78)72(71-77)76-74(79)68-64-60-56-52-49-45-42-39-36-34-32-30-28-26-24-22-20-19-21-23-25-27-29-31-33-35-37-40-43-46-50-54-58-62-66-70-81-75(80)69-65-61-57-53-47-14-12-10-8-6-4-2/h21,23,72-73,77-78H,3-20,22,24-71H2,1-2H3,(H,76,79)/b23-21-. The molecule has 0 radical (unpaired) electrons. The highest BCUT2D eigenvalue weighted by atomic mass is 16.5. The number of ether oxygens (including phenoxy) is 1. The van der Waals surface area contributed by atoms with Crippen molar-refractivity contribution in [1.82, 2.24) is 5.32 Å². The second kappa shape index (κ2) is 71.1. The molecule has 0 aromatic carbocycles. The molecule has 482 valence electrons. The van der Waals surface area contributed by atoms with Crippen LogP contribution in [-0.4, -0.2) is 47.4 Å². The van der Waals surface area contributed by atoms with Crippen LogP contribution in [0.4, 0.5) is 0 Å². The Balaban J connectivity index is 3.33. The minimum atomic E-state index is -0.661. The van der Waals surface area contributed by atoms with Crippen LogP contribution in [0.1, 0.15) is 431 Å². The Bertz CT molecular complexity index is 1220. The molecule has 0 aromatic rings. The fourth-order valence-electron chi connectivity index (χ4n) is 12.1. The molecule has 0 spiro atoms. The van der Waals surface area contributed by atoms with Gasteiger partial charge < -0.3 is 20.3 Å². The highest BCUT2D eigenvalue weighted by Gasteiger charge is 2.20. The fraction of sp³-hybridized carbons (Fsp3) is 0.947. The van der Waals surface area contributed by atoms with Crippen molar-refractivity contribution in [2.75, 3.05) is 13.2 Å². The molecular formula is C75H147NO5. The monoisotopic (exact) mass is 1140 g/mol. The van der Waals surface area contributed by atoms with Gasteiger partial charge in [-0.1, -0.05) is 379 Å². The number of carbonyl (C=O) groups excluding carboxylic acids is 2. The van der Waals surface area contributed by atoms with E-state index < -0.39 is 12.1 Å². The summed E-state index contributed by atoms with van der Waals surface area (Å²) in [7, 11) is 0. The van der Waals surface area contributed by atoms with Crippen LogP contribution < -0.4 is 5.32 Å². The van der Waals surface area contributed by atoms with E-state index in [2.05, 4.69) is 31.3 Å². The zero-order valence-electron chi connectivity index (χ0n) is 55.3. The maximum absolute atomic E-state index is 12.5. The normalized spacial score (nSPS) is 12.5. The summed E-state index contributed by atoms with van der Waals surface area (Å²) in [5.41, 5.74) is 0. The summed E-state index contributed by atoms with van der Waals surface area (Å²) in [5, 5.41) is 23.4. The van der Waals surface area contributed by atoms with Gasteiger partial charge in [-0.2, -0.15) is 0 Å². The van der Waals surface area contributed by atoms with Crippen LogP contribution in [0, 0.1) is 0 Å². The number of allylic oxidation sites excluding steroid dienone is 2. The molecule has 3 N–H and O–H groups in total. The maximum atomic E-state index is 12.5. The lowest BCUT2D eigenvalue weighted by atomic mass is 10.0. The van der Waals surface area contributed by atoms with Gasteiger partial charge in [0.05, 0.1) is 25.4 Å². The molecule has 0 saturated carbocycles. The third-order valence-corrected chi connectivity index (χ3v) is 17.8. The number of aliphatic hydroxyl groups is 2. The first-order valence-electron chi connectivity index (χ1n) is 37.4. The summed E-state index contributed by atoms with van der Waals surface area (Å²) in [6, 6.07) is -0.538. The summed E-state index contributed by atoms with van der Waals surface area (Å²) in [4.78, 5) is 24.6. The van der Waals surface area contributed by atoms with Crippen molar-refractivity contribution in [2.45, 2.75) is 443 Å². The summed E-state index contributed by atoms with van der Waals surface area (Å²) in [6.07, 6.45) is 88.6. The van der Waals surface area contributed by atoms with Gasteiger partial charge in [0.2, 0.25) is 5.91 Å². The van der Waals surface area contributed by atoms with E-state index in [1.54, 1.807) is 0 Å². The van der Waals surface area contributed by atoms with Gasteiger partial charge in [-0.3, -0.25) is 9.59 Å². The van der Waals surface area contributed by atoms with E-state index in [0.717, 1.165) is 38.5 Å². The van der Waals surface area contributed by atoms with Crippen molar-refractivity contribution >= 4 is 11.9 Å². The summed E-state index contributed by atoms with van der Waals surface area (Å²) >= 11 is 0. The predicted molar refractivity (Wildman–Crippen MR) is 357 cm³/mol. The minimum absolute atomic E-state index is 0.0208. The fourth-order valence-corrected chi connectivity index (χ4v) is 12.1. The smallest absolute Gasteiger partial charge is 0.305 e. The van der Waals surface area contributed by atoms with Gasteiger partial charge in [-0.15, -0.1) is 0 Å². The first-order valence-corrected chi connectivity index (χ1v) is 37.4. The number of amides is 1. The SMILES string of the molecule is CCCCCCCCCCCCCCCCCCCCC(O)C(CO)NC(=O)CCCCCCCCCCCCCCCCCCC/C=C\CCCCCCCCCCCCCCCCOC(=O)CCCCCCCCCCCCC. The van der Waals surface area contributed by atoms with Crippen LogP contribution >= 0.6 is 0 Å². The number of unbranched alkanes of at least 4 members (excludes halogenated alkanes) is 58. The van der Waals surface area contributed by atoms with Gasteiger partial charge >= 0.3 is 5.97 Å². The molecule has 0 bridgehead atoms. The number of esters is 1. The van der Waals surface area contributed by atoms with E-state index in [-0.39, 0.29) is 18.5 Å². The molecule has 0 aromatic heterocycles. The van der Waals surface area contributed by atoms with E-state index >= 15 is 0 Å². The van der Waals surface area contributed by atoms with Crippen molar-refractivity contribution in [3.05, 3.63) is 12.2 Å². The van der Waals surface area contributed by atoms with Gasteiger partial charge in [0.15, 0.2) is 0 Å². The third-order valence-electron chi connectivity index (χ3n) is 17.8. The molecule has 0 rings (SSSR count). The molecule has 6 heteroatoms. The van der Waals surface area contributed by atoms with Crippen molar-refractivity contribution in [3.63, 3.8) is 0 Å². The Morgan fingerprint density at radius 3 is 0.877 bits per heavy atom. The van der Waals surface area contributed by atoms with Gasteiger partial charge in [-0.05, 0) is 51.4 Å². The highest BCUT2D eigenvalue weighted by Crippen LogP contribution is 2.20. The van der Waals surface area contributed by atoms with Gasteiger partial charge in [0, 0.05) is 12.8 Å². The number of nitrogens with one attached hydrogen (secondary N) is 1. The molecule has 0 heterocycles. The topological polar surface area (TPSA) is 95.9 Å². The van der Waals surface area contributed by atoms with E-state index in [4.69, 9.17) is 4.74 Å². The van der Waals surface area contributed by atoms with E-state index in [1.807, 2.05) is 0 Å².